The maximum absolute atomic E-state index is 13.4. The molecule has 168 valence electrons. The molecule has 3 rings (SSSR count). The van der Waals surface area contributed by atoms with Crippen molar-refractivity contribution >= 4 is 5.78 Å². The molecule has 1 aromatic heterocycles. The van der Waals surface area contributed by atoms with Gasteiger partial charge in [-0.15, -0.1) is 13.2 Å². The maximum atomic E-state index is 13.4. The third kappa shape index (κ3) is 5.16. The lowest BCUT2D eigenvalue weighted by Gasteiger charge is -2.16. The number of aryl methyl sites for hydroxylation is 2. The number of ketones is 1. The van der Waals surface area contributed by atoms with E-state index in [2.05, 4.69) is 9.72 Å². The highest BCUT2D eigenvalue weighted by Crippen LogP contribution is 2.23. The van der Waals surface area contributed by atoms with Gasteiger partial charge in [-0.3, -0.25) is 19.1 Å². The zero-order valence-electron chi connectivity index (χ0n) is 17.7. The Labute approximate surface area is 181 Å². The molecule has 0 radical (unpaired) electrons. The lowest BCUT2D eigenvalue weighted by molar-refractivity contribution is -0.274. The van der Waals surface area contributed by atoms with Crippen LogP contribution in [0.4, 0.5) is 13.2 Å². The van der Waals surface area contributed by atoms with Gasteiger partial charge in [0.15, 0.2) is 0 Å². The van der Waals surface area contributed by atoms with Crippen LogP contribution in [0.5, 0.6) is 5.75 Å². The number of benzene rings is 2. The van der Waals surface area contributed by atoms with Gasteiger partial charge in [0, 0.05) is 11.1 Å². The van der Waals surface area contributed by atoms with Gasteiger partial charge < -0.3 is 4.74 Å². The normalized spacial score (nSPS) is 11.4. The van der Waals surface area contributed by atoms with Gasteiger partial charge in [0.05, 0.1) is 6.54 Å². The van der Waals surface area contributed by atoms with Gasteiger partial charge in [-0.1, -0.05) is 36.2 Å². The summed E-state index contributed by atoms with van der Waals surface area (Å²) < 4.78 is 42.1. The van der Waals surface area contributed by atoms with Crippen LogP contribution >= 0.6 is 0 Å². The van der Waals surface area contributed by atoms with Crippen molar-refractivity contribution in [3.8, 4) is 5.75 Å². The van der Waals surface area contributed by atoms with Crippen LogP contribution in [-0.2, 0) is 13.0 Å². The molecule has 1 heterocycles. The SMILES string of the molecule is CCc1c(C(=O)c2cc(C)cc(C)c2)n(Cc2ccc(OC(F)(F)F)cc2)c(=O)[nH]c1=O. The lowest BCUT2D eigenvalue weighted by atomic mass is 9.99. The van der Waals surface area contributed by atoms with E-state index in [9.17, 15) is 27.6 Å². The molecule has 1 N–H and O–H groups in total. The number of carbonyl (C=O) groups excluding carboxylic acids is 1. The molecular weight excluding hydrogens is 425 g/mol. The number of nitrogens with zero attached hydrogens (tertiary/aromatic N) is 1. The van der Waals surface area contributed by atoms with E-state index in [1.165, 1.54) is 12.1 Å². The zero-order valence-corrected chi connectivity index (χ0v) is 17.7. The Bertz CT molecular complexity index is 1250. The molecule has 32 heavy (non-hydrogen) atoms. The number of carbonyl (C=O) groups is 1. The second-order valence-corrected chi connectivity index (χ2v) is 7.42. The first-order valence-corrected chi connectivity index (χ1v) is 9.82. The van der Waals surface area contributed by atoms with Gasteiger partial charge in [0.25, 0.3) is 5.56 Å². The molecule has 9 heteroatoms. The second kappa shape index (κ2) is 8.86. The first kappa shape index (κ1) is 23.1. The standard InChI is InChI=1S/C23H21F3N2O4/c1-4-18-19(20(29)16-10-13(2)9-14(3)11-16)28(22(31)27-21(18)30)12-15-5-7-17(8-6-15)32-23(24,25)26/h5-11H,4,12H2,1-3H3,(H,27,30,31). The molecule has 3 aromatic rings. The van der Waals surface area contributed by atoms with E-state index >= 15 is 0 Å². The third-order valence-electron chi connectivity index (χ3n) is 4.85. The number of aromatic amines is 1. The minimum absolute atomic E-state index is 0.0399. The van der Waals surface area contributed by atoms with Gasteiger partial charge in [-0.05, 0) is 50.1 Å². The molecule has 0 aliphatic rings. The summed E-state index contributed by atoms with van der Waals surface area (Å²) in [5, 5.41) is 0. The highest BCUT2D eigenvalue weighted by Gasteiger charge is 2.31. The Hall–Kier alpha value is -3.62. The first-order valence-electron chi connectivity index (χ1n) is 9.82. The van der Waals surface area contributed by atoms with Crippen LogP contribution in [-0.4, -0.2) is 21.7 Å². The van der Waals surface area contributed by atoms with Crippen LogP contribution < -0.4 is 16.0 Å². The van der Waals surface area contributed by atoms with Crippen molar-refractivity contribution in [3.05, 3.63) is 96.8 Å². The number of hydrogen-bond acceptors (Lipinski definition) is 4. The van der Waals surface area contributed by atoms with Crippen molar-refractivity contribution in [1.82, 2.24) is 9.55 Å². The van der Waals surface area contributed by atoms with Crippen LogP contribution in [0.25, 0.3) is 0 Å². The molecule has 2 aromatic carbocycles. The molecule has 0 spiro atoms. The Morgan fingerprint density at radius 2 is 1.62 bits per heavy atom. The van der Waals surface area contributed by atoms with Crippen LogP contribution in [0.2, 0.25) is 0 Å². The summed E-state index contributed by atoms with van der Waals surface area (Å²) in [6.07, 6.45) is -4.61. The zero-order chi connectivity index (χ0) is 23.6. The van der Waals surface area contributed by atoms with Crippen molar-refractivity contribution in [2.24, 2.45) is 0 Å². The number of ether oxygens (including phenoxy) is 1. The molecule has 0 aliphatic carbocycles. The van der Waals surface area contributed by atoms with Gasteiger partial charge in [0.1, 0.15) is 11.4 Å². The van der Waals surface area contributed by atoms with Gasteiger partial charge in [0.2, 0.25) is 5.78 Å². The third-order valence-corrected chi connectivity index (χ3v) is 4.85. The monoisotopic (exact) mass is 446 g/mol. The molecule has 0 amide bonds. The quantitative estimate of drug-likeness (QED) is 0.583. The molecule has 0 fully saturated rings. The van der Waals surface area contributed by atoms with E-state index in [-0.39, 0.29) is 24.2 Å². The summed E-state index contributed by atoms with van der Waals surface area (Å²) in [5.41, 5.74) is 1.18. The fourth-order valence-corrected chi connectivity index (χ4v) is 3.57. The molecule has 0 saturated heterocycles. The van der Waals surface area contributed by atoms with E-state index in [1.807, 2.05) is 19.9 Å². The van der Waals surface area contributed by atoms with Crippen molar-refractivity contribution in [2.75, 3.05) is 0 Å². The number of hydrogen-bond donors (Lipinski definition) is 1. The second-order valence-electron chi connectivity index (χ2n) is 7.42. The minimum atomic E-state index is -4.82. The fraction of sp³-hybridized carbons (Fsp3) is 0.261. The predicted molar refractivity (Wildman–Crippen MR) is 112 cm³/mol. The topological polar surface area (TPSA) is 81.2 Å². The van der Waals surface area contributed by atoms with E-state index in [0.29, 0.717) is 11.1 Å². The number of aromatic nitrogens is 2. The van der Waals surface area contributed by atoms with Crippen LogP contribution in [0, 0.1) is 13.8 Å². The van der Waals surface area contributed by atoms with Crippen LogP contribution in [0.1, 0.15) is 45.2 Å². The molecule has 0 unspecified atom stereocenters. The minimum Gasteiger partial charge on any atom is -0.406 e. The first-order chi connectivity index (χ1) is 15.0. The predicted octanol–water partition coefficient (Wildman–Crippen LogP) is 3.89. The Morgan fingerprint density at radius 1 is 1.03 bits per heavy atom. The van der Waals surface area contributed by atoms with Crippen LogP contribution in [0.3, 0.4) is 0 Å². The number of H-pyrrole nitrogens is 1. The summed E-state index contributed by atoms with van der Waals surface area (Å²) in [6.45, 7) is 5.24. The van der Waals surface area contributed by atoms with Gasteiger partial charge in [-0.25, -0.2) is 4.79 Å². The molecule has 0 aliphatic heterocycles. The van der Waals surface area contributed by atoms with E-state index in [1.54, 1.807) is 19.1 Å². The lowest BCUT2D eigenvalue weighted by Crippen LogP contribution is -2.37. The van der Waals surface area contributed by atoms with Crippen molar-refractivity contribution in [1.29, 1.82) is 0 Å². The Balaban J connectivity index is 2.09. The Morgan fingerprint density at radius 3 is 2.16 bits per heavy atom. The summed E-state index contributed by atoms with van der Waals surface area (Å²) >= 11 is 0. The molecule has 0 bridgehead atoms. The molecule has 6 nitrogen and oxygen atoms in total. The number of alkyl halides is 3. The van der Waals surface area contributed by atoms with Crippen molar-refractivity contribution < 1.29 is 22.7 Å². The average Bonchev–Trinajstić information content (AvgIpc) is 2.68. The van der Waals surface area contributed by atoms with E-state index in [0.717, 1.165) is 27.8 Å². The number of rotatable bonds is 6. The van der Waals surface area contributed by atoms with E-state index in [4.69, 9.17) is 0 Å². The smallest absolute Gasteiger partial charge is 0.406 e. The highest BCUT2D eigenvalue weighted by atomic mass is 19.4. The molecule has 0 saturated carbocycles. The summed E-state index contributed by atoms with van der Waals surface area (Å²) in [6, 6.07) is 10.2. The van der Waals surface area contributed by atoms with Gasteiger partial charge >= 0.3 is 12.1 Å². The summed E-state index contributed by atoms with van der Waals surface area (Å²) in [4.78, 5) is 40.7. The maximum Gasteiger partial charge on any atom is 0.573 e. The molecular formula is C23H21F3N2O4. The van der Waals surface area contributed by atoms with Gasteiger partial charge in [-0.2, -0.15) is 0 Å². The Kier molecular flexibility index (Phi) is 6.38. The van der Waals surface area contributed by atoms with Crippen molar-refractivity contribution in [3.63, 3.8) is 0 Å². The largest absolute Gasteiger partial charge is 0.573 e. The average molecular weight is 446 g/mol. The summed E-state index contributed by atoms with van der Waals surface area (Å²) in [7, 11) is 0. The van der Waals surface area contributed by atoms with Crippen molar-refractivity contribution in [2.45, 2.75) is 40.1 Å². The molecule has 0 atom stereocenters. The number of nitrogens with one attached hydrogen (secondary N) is 1. The van der Waals surface area contributed by atoms with Crippen LogP contribution in [0.15, 0.2) is 52.1 Å². The fourth-order valence-electron chi connectivity index (χ4n) is 3.57. The number of halogens is 3. The van der Waals surface area contributed by atoms with E-state index < -0.39 is 29.1 Å². The summed E-state index contributed by atoms with van der Waals surface area (Å²) in [5.74, 6) is -0.885. The highest BCUT2D eigenvalue weighted by molar-refractivity contribution is 6.09.